The molecule has 37 heavy (non-hydrogen) atoms. The summed E-state index contributed by atoms with van der Waals surface area (Å²) in [6.07, 6.45) is 2.01. The van der Waals surface area contributed by atoms with Gasteiger partial charge in [0.1, 0.15) is 29.4 Å². The van der Waals surface area contributed by atoms with Gasteiger partial charge in [0.15, 0.2) is 6.10 Å². The van der Waals surface area contributed by atoms with E-state index >= 15 is 0 Å². The summed E-state index contributed by atoms with van der Waals surface area (Å²) in [5.74, 6) is 0.994. The summed E-state index contributed by atoms with van der Waals surface area (Å²) < 4.78 is 30.2. The van der Waals surface area contributed by atoms with Crippen molar-refractivity contribution in [2.24, 2.45) is 0 Å². The van der Waals surface area contributed by atoms with Crippen LogP contribution >= 0.6 is 11.6 Å². The van der Waals surface area contributed by atoms with Crippen LogP contribution in [0.1, 0.15) is 6.92 Å². The molecule has 1 saturated heterocycles. The van der Waals surface area contributed by atoms with Crippen molar-refractivity contribution >= 4 is 39.9 Å². The van der Waals surface area contributed by atoms with Crippen molar-refractivity contribution in [2.75, 3.05) is 31.6 Å². The van der Waals surface area contributed by atoms with Gasteiger partial charge in [0, 0.05) is 18.8 Å². The van der Waals surface area contributed by atoms with Gasteiger partial charge in [0.05, 0.1) is 35.3 Å². The standard InChI is InChI=1S/C26H23ClFN5O4/c1-16(26(34)33-9-11-35-12-10-33)36-22-4-2-3-20-24(22)25(31-15-30-20)32-17-5-7-21(19(27)13-17)37-18-6-8-23(28)29-14-18/h2-8,13-16H,9-12H2,1H3,(H,30,31,32)/t16-/m1/s1. The highest BCUT2D eigenvalue weighted by Crippen LogP contribution is 2.35. The van der Waals surface area contributed by atoms with Gasteiger partial charge in [-0.05, 0) is 49.4 Å². The second-order valence-electron chi connectivity index (χ2n) is 8.26. The van der Waals surface area contributed by atoms with Gasteiger partial charge in [0.25, 0.3) is 5.91 Å². The third kappa shape index (κ3) is 5.71. The Kier molecular flexibility index (Phi) is 7.29. The third-order valence-electron chi connectivity index (χ3n) is 5.72. The second-order valence-corrected chi connectivity index (χ2v) is 8.67. The number of pyridine rings is 1. The molecule has 0 saturated carbocycles. The maximum Gasteiger partial charge on any atom is 0.263 e. The van der Waals surface area contributed by atoms with Gasteiger partial charge < -0.3 is 24.4 Å². The first-order valence-corrected chi connectivity index (χ1v) is 12.0. The first kappa shape index (κ1) is 24.7. The van der Waals surface area contributed by atoms with E-state index < -0.39 is 12.1 Å². The van der Waals surface area contributed by atoms with Gasteiger partial charge in [-0.3, -0.25) is 4.79 Å². The molecule has 1 N–H and O–H groups in total. The van der Waals surface area contributed by atoms with Crippen LogP contribution in [0.4, 0.5) is 15.9 Å². The number of rotatable bonds is 7. The Morgan fingerprint density at radius 1 is 1.11 bits per heavy atom. The van der Waals surface area contributed by atoms with E-state index in [2.05, 4.69) is 20.3 Å². The molecule has 3 heterocycles. The maximum atomic E-state index is 13.1. The van der Waals surface area contributed by atoms with Gasteiger partial charge in [-0.15, -0.1) is 0 Å². The van der Waals surface area contributed by atoms with Crippen LogP contribution in [0.15, 0.2) is 61.1 Å². The van der Waals surface area contributed by atoms with Crippen LogP contribution < -0.4 is 14.8 Å². The molecule has 4 aromatic rings. The Morgan fingerprint density at radius 3 is 2.70 bits per heavy atom. The molecule has 5 rings (SSSR count). The van der Waals surface area contributed by atoms with E-state index in [-0.39, 0.29) is 5.91 Å². The molecule has 9 nitrogen and oxygen atoms in total. The molecule has 190 valence electrons. The molecule has 2 aromatic carbocycles. The van der Waals surface area contributed by atoms with Gasteiger partial charge >= 0.3 is 0 Å². The monoisotopic (exact) mass is 523 g/mol. The van der Waals surface area contributed by atoms with Crippen LogP contribution in [0.2, 0.25) is 5.02 Å². The quantitative estimate of drug-likeness (QED) is 0.339. The minimum absolute atomic E-state index is 0.106. The van der Waals surface area contributed by atoms with Gasteiger partial charge in [-0.1, -0.05) is 17.7 Å². The summed E-state index contributed by atoms with van der Waals surface area (Å²) in [5.41, 5.74) is 1.29. The van der Waals surface area contributed by atoms with Crippen LogP contribution in [0.25, 0.3) is 10.9 Å². The van der Waals surface area contributed by atoms with Crippen molar-refractivity contribution in [2.45, 2.75) is 13.0 Å². The molecule has 11 heteroatoms. The van der Waals surface area contributed by atoms with Crippen LogP contribution in [-0.4, -0.2) is 58.2 Å². The summed E-state index contributed by atoms with van der Waals surface area (Å²) in [5, 5.41) is 4.20. The molecule has 1 aliphatic rings. The van der Waals surface area contributed by atoms with E-state index in [0.717, 1.165) is 0 Å². The van der Waals surface area contributed by atoms with Gasteiger partial charge in [-0.25, -0.2) is 15.0 Å². The normalized spacial score (nSPS) is 14.3. The summed E-state index contributed by atoms with van der Waals surface area (Å²) >= 11 is 6.44. The Morgan fingerprint density at radius 2 is 1.95 bits per heavy atom. The summed E-state index contributed by atoms with van der Waals surface area (Å²) in [6, 6.07) is 13.2. The number of hydrogen-bond acceptors (Lipinski definition) is 8. The minimum atomic E-state index is -0.705. The Bertz CT molecular complexity index is 1410. The highest BCUT2D eigenvalue weighted by molar-refractivity contribution is 6.32. The Hall–Kier alpha value is -4.02. The number of carbonyl (C=O) groups excluding carboxylic acids is 1. The number of nitrogens with zero attached hydrogens (tertiary/aromatic N) is 4. The number of nitrogens with one attached hydrogen (secondary N) is 1. The first-order valence-electron chi connectivity index (χ1n) is 11.6. The summed E-state index contributed by atoms with van der Waals surface area (Å²) in [7, 11) is 0. The zero-order valence-corrected chi connectivity index (χ0v) is 20.6. The zero-order chi connectivity index (χ0) is 25.8. The predicted octanol–water partition coefficient (Wildman–Crippen LogP) is 4.98. The fourth-order valence-corrected chi connectivity index (χ4v) is 4.12. The number of fused-ring (bicyclic) bond motifs is 1. The topological polar surface area (TPSA) is 98.7 Å². The molecule has 0 unspecified atom stereocenters. The minimum Gasteiger partial charge on any atom is -0.480 e. The number of morpholine rings is 1. The Balaban J connectivity index is 1.37. The van der Waals surface area contributed by atoms with Crippen molar-refractivity contribution < 1.29 is 23.4 Å². The number of halogens is 2. The predicted molar refractivity (Wildman–Crippen MR) is 136 cm³/mol. The molecule has 0 radical (unpaired) electrons. The first-order chi connectivity index (χ1) is 18.0. The number of aromatic nitrogens is 3. The lowest BCUT2D eigenvalue weighted by atomic mass is 10.2. The van der Waals surface area contributed by atoms with E-state index in [4.69, 9.17) is 25.8 Å². The van der Waals surface area contributed by atoms with Gasteiger partial charge in [-0.2, -0.15) is 4.39 Å². The highest BCUT2D eigenvalue weighted by Gasteiger charge is 2.25. The number of amides is 1. The van der Waals surface area contributed by atoms with E-state index in [9.17, 15) is 9.18 Å². The third-order valence-corrected chi connectivity index (χ3v) is 6.02. The summed E-state index contributed by atoms with van der Waals surface area (Å²) in [4.78, 5) is 26.9. The number of anilines is 2. The average Bonchev–Trinajstić information content (AvgIpc) is 2.91. The molecule has 1 atom stereocenters. The van der Waals surface area contributed by atoms with Crippen LogP contribution in [0, 0.1) is 5.95 Å². The van der Waals surface area contributed by atoms with Crippen LogP contribution in [0.3, 0.4) is 0 Å². The summed E-state index contributed by atoms with van der Waals surface area (Å²) in [6.45, 7) is 3.83. The molecule has 2 aromatic heterocycles. The fraction of sp³-hybridized carbons (Fsp3) is 0.231. The van der Waals surface area contributed by atoms with Crippen molar-refractivity contribution in [3.63, 3.8) is 0 Å². The molecule has 0 aliphatic carbocycles. The smallest absolute Gasteiger partial charge is 0.263 e. The lowest BCUT2D eigenvalue weighted by molar-refractivity contribution is -0.142. The Labute approximate surface area is 217 Å². The highest BCUT2D eigenvalue weighted by atomic mass is 35.5. The lowest BCUT2D eigenvalue weighted by Crippen LogP contribution is -2.46. The number of ether oxygens (including phenoxy) is 3. The van der Waals surface area contributed by atoms with Crippen molar-refractivity contribution in [3.8, 4) is 17.2 Å². The van der Waals surface area contributed by atoms with E-state index in [1.807, 2.05) is 12.1 Å². The van der Waals surface area contributed by atoms with Crippen LogP contribution in [0.5, 0.6) is 17.2 Å². The lowest BCUT2D eigenvalue weighted by Gasteiger charge is -2.29. The van der Waals surface area contributed by atoms with E-state index in [0.29, 0.717) is 71.0 Å². The van der Waals surface area contributed by atoms with Crippen molar-refractivity contribution in [1.29, 1.82) is 0 Å². The number of benzene rings is 2. The average molecular weight is 524 g/mol. The molecule has 0 bridgehead atoms. The fourth-order valence-electron chi connectivity index (χ4n) is 3.90. The number of carbonyl (C=O) groups is 1. The SMILES string of the molecule is C[C@@H](Oc1cccc2ncnc(Nc3ccc(Oc4ccc(F)nc4)c(Cl)c3)c12)C(=O)N1CCOCC1. The van der Waals surface area contributed by atoms with Crippen LogP contribution in [-0.2, 0) is 9.53 Å². The van der Waals surface area contributed by atoms with Crippen molar-refractivity contribution in [1.82, 2.24) is 19.9 Å². The second kappa shape index (κ2) is 10.9. The number of hydrogen-bond donors (Lipinski definition) is 1. The van der Waals surface area contributed by atoms with E-state index in [1.165, 1.54) is 24.7 Å². The van der Waals surface area contributed by atoms with E-state index in [1.54, 1.807) is 36.1 Å². The molecule has 0 spiro atoms. The molecule has 1 aliphatic heterocycles. The molecular weight excluding hydrogens is 501 g/mol. The maximum absolute atomic E-state index is 13.1. The molecule has 1 amide bonds. The molecular formula is C26H23ClFN5O4. The largest absolute Gasteiger partial charge is 0.480 e. The molecule has 1 fully saturated rings. The zero-order valence-electron chi connectivity index (χ0n) is 19.9. The van der Waals surface area contributed by atoms with Gasteiger partial charge in [0.2, 0.25) is 5.95 Å². The van der Waals surface area contributed by atoms with Crippen molar-refractivity contribution in [3.05, 3.63) is 72.0 Å².